The van der Waals surface area contributed by atoms with Gasteiger partial charge < -0.3 is 15.7 Å². The number of urea groups is 1. The molecular formula is C19H27N3O3S. The summed E-state index contributed by atoms with van der Waals surface area (Å²) in [4.78, 5) is 25.4. The number of carboxylic acids is 1. The number of carbonyl (C=O) groups is 2. The molecule has 0 unspecified atom stereocenters. The maximum absolute atomic E-state index is 12.3. The Balaban J connectivity index is 1.45. The molecule has 2 aliphatic carbocycles. The molecule has 0 bridgehead atoms. The van der Waals surface area contributed by atoms with E-state index in [1.165, 1.54) is 12.8 Å². The van der Waals surface area contributed by atoms with Crippen molar-refractivity contribution in [1.82, 2.24) is 10.2 Å². The van der Waals surface area contributed by atoms with Crippen molar-refractivity contribution in [2.45, 2.75) is 43.5 Å². The number of nitrogens with one attached hydrogen (secondary N) is 2. The minimum atomic E-state index is -0.773. The van der Waals surface area contributed by atoms with Gasteiger partial charge in [0.2, 0.25) is 0 Å². The minimum absolute atomic E-state index is 0.0993. The SMILES string of the molecule is CSCc1ccccc1NC(=O)NC1CC(N(CC(=O)O)CC2CC2)C1. The number of nitrogens with zero attached hydrogens (tertiary/aromatic N) is 1. The predicted molar refractivity (Wildman–Crippen MR) is 105 cm³/mol. The van der Waals surface area contributed by atoms with Gasteiger partial charge in [-0.05, 0) is 49.5 Å². The zero-order valence-corrected chi connectivity index (χ0v) is 15.9. The van der Waals surface area contributed by atoms with Crippen molar-refractivity contribution < 1.29 is 14.7 Å². The normalized spacial score (nSPS) is 21.9. The Morgan fingerprint density at radius 2 is 2.00 bits per heavy atom. The lowest BCUT2D eigenvalue weighted by Crippen LogP contribution is -2.55. The lowest BCUT2D eigenvalue weighted by molar-refractivity contribution is -0.139. The van der Waals surface area contributed by atoms with E-state index in [9.17, 15) is 9.59 Å². The van der Waals surface area contributed by atoms with Crippen molar-refractivity contribution in [3.8, 4) is 0 Å². The Labute approximate surface area is 158 Å². The summed E-state index contributed by atoms with van der Waals surface area (Å²) in [5, 5.41) is 15.1. The summed E-state index contributed by atoms with van der Waals surface area (Å²) in [6, 6.07) is 8.02. The third kappa shape index (κ3) is 5.38. The Morgan fingerprint density at radius 3 is 2.65 bits per heavy atom. The maximum atomic E-state index is 12.3. The van der Waals surface area contributed by atoms with Crippen LogP contribution in [-0.4, -0.2) is 53.4 Å². The highest BCUT2D eigenvalue weighted by atomic mass is 32.2. The van der Waals surface area contributed by atoms with Crippen molar-refractivity contribution in [1.29, 1.82) is 0 Å². The molecule has 0 heterocycles. The van der Waals surface area contributed by atoms with Crippen molar-refractivity contribution in [2.75, 3.05) is 24.7 Å². The number of aliphatic carboxylic acids is 1. The molecule has 1 aromatic rings. The average molecular weight is 378 g/mol. The second-order valence-corrected chi connectivity index (χ2v) is 8.14. The third-order valence-electron chi connectivity index (χ3n) is 5.06. The van der Waals surface area contributed by atoms with Gasteiger partial charge in [-0.1, -0.05) is 18.2 Å². The number of para-hydroxylation sites is 1. The largest absolute Gasteiger partial charge is 0.480 e. The molecule has 3 N–H and O–H groups in total. The van der Waals surface area contributed by atoms with E-state index in [4.69, 9.17) is 5.11 Å². The van der Waals surface area contributed by atoms with Crippen molar-refractivity contribution >= 4 is 29.4 Å². The van der Waals surface area contributed by atoms with E-state index in [0.717, 1.165) is 36.4 Å². The van der Waals surface area contributed by atoms with Gasteiger partial charge in [-0.2, -0.15) is 11.8 Å². The summed E-state index contributed by atoms with van der Waals surface area (Å²) in [5.74, 6) is 0.746. The molecule has 0 aromatic heterocycles. The Morgan fingerprint density at radius 1 is 1.27 bits per heavy atom. The first-order chi connectivity index (χ1) is 12.5. The fourth-order valence-corrected chi connectivity index (χ4v) is 3.98. The molecule has 142 valence electrons. The molecule has 1 aromatic carbocycles. The Kier molecular flexibility index (Phi) is 6.43. The molecular weight excluding hydrogens is 350 g/mol. The van der Waals surface area contributed by atoms with Gasteiger partial charge in [0.25, 0.3) is 0 Å². The van der Waals surface area contributed by atoms with Crippen LogP contribution in [0.4, 0.5) is 10.5 Å². The van der Waals surface area contributed by atoms with Crippen LogP contribution in [-0.2, 0) is 10.5 Å². The highest BCUT2D eigenvalue weighted by molar-refractivity contribution is 7.97. The summed E-state index contributed by atoms with van der Waals surface area (Å²) in [7, 11) is 0. The van der Waals surface area contributed by atoms with Crippen LogP contribution in [0.25, 0.3) is 0 Å². The first-order valence-electron chi connectivity index (χ1n) is 9.15. The van der Waals surface area contributed by atoms with Crippen LogP contribution in [0.15, 0.2) is 24.3 Å². The average Bonchev–Trinajstić information content (AvgIpc) is 3.35. The molecule has 2 fully saturated rings. The van der Waals surface area contributed by atoms with Crippen LogP contribution >= 0.6 is 11.8 Å². The molecule has 7 heteroatoms. The van der Waals surface area contributed by atoms with E-state index >= 15 is 0 Å². The van der Waals surface area contributed by atoms with Gasteiger partial charge in [-0.15, -0.1) is 0 Å². The van der Waals surface area contributed by atoms with Crippen LogP contribution < -0.4 is 10.6 Å². The van der Waals surface area contributed by atoms with Crippen molar-refractivity contribution in [3.05, 3.63) is 29.8 Å². The molecule has 0 saturated heterocycles. The van der Waals surface area contributed by atoms with Crippen LogP contribution in [0.1, 0.15) is 31.2 Å². The second-order valence-electron chi connectivity index (χ2n) is 7.28. The van der Waals surface area contributed by atoms with Crippen molar-refractivity contribution in [2.24, 2.45) is 5.92 Å². The fourth-order valence-electron chi connectivity index (χ4n) is 3.42. The standard InChI is InChI=1S/C19H27N3O3S/c1-26-12-14-4-2-3-5-17(14)21-19(25)20-15-8-16(9-15)22(11-18(23)24)10-13-6-7-13/h2-5,13,15-16H,6-12H2,1H3,(H,23,24)(H2,20,21,25). The molecule has 2 amide bonds. The molecule has 2 saturated carbocycles. The van der Waals surface area contributed by atoms with Gasteiger partial charge in [-0.3, -0.25) is 9.69 Å². The first kappa shape index (κ1) is 19.0. The van der Waals surface area contributed by atoms with Crippen LogP contribution in [0.2, 0.25) is 0 Å². The smallest absolute Gasteiger partial charge is 0.319 e. The van der Waals surface area contributed by atoms with E-state index in [1.54, 1.807) is 11.8 Å². The zero-order valence-electron chi connectivity index (χ0n) is 15.1. The lowest BCUT2D eigenvalue weighted by atomic mass is 9.85. The van der Waals surface area contributed by atoms with E-state index in [0.29, 0.717) is 5.92 Å². The van der Waals surface area contributed by atoms with Gasteiger partial charge in [0.05, 0.1) is 6.54 Å². The summed E-state index contributed by atoms with van der Waals surface area (Å²) in [6.07, 6.45) is 6.10. The molecule has 0 spiro atoms. The number of thioether (sulfide) groups is 1. The highest BCUT2D eigenvalue weighted by Crippen LogP contribution is 2.33. The van der Waals surface area contributed by atoms with Gasteiger partial charge >= 0.3 is 12.0 Å². The van der Waals surface area contributed by atoms with Crippen LogP contribution in [0, 0.1) is 5.92 Å². The summed E-state index contributed by atoms with van der Waals surface area (Å²) >= 11 is 1.72. The third-order valence-corrected chi connectivity index (χ3v) is 5.66. The highest BCUT2D eigenvalue weighted by Gasteiger charge is 2.37. The summed E-state index contributed by atoms with van der Waals surface area (Å²) < 4.78 is 0. The molecule has 0 aliphatic heterocycles. The molecule has 26 heavy (non-hydrogen) atoms. The summed E-state index contributed by atoms with van der Waals surface area (Å²) in [5.41, 5.74) is 1.95. The van der Waals surface area contributed by atoms with E-state index in [1.807, 2.05) is 30.5 Å². The number of amides is 2. The van der Waals surface area contributed by atoms with Crippen LogP contribution in [0.5, 0.6) is 0 Å². The topological polar surface area (TPSA) is 81.7 Å². The van der Waals surface area contributed by atoms with E-state index < -0.39 is 5.97 Å². The monoisotopic (exact) mass is 377 g/mol. The number of anilines is 1. The van der Waals surface area contributed by atoms with Gasteiger partial charge in [0.1, 0.15) is 0 Å². The molecule has 3 rings (SSSR count). The number of rotatable bonds is 9. The number of carbonyl (C=O) groups excluding carboxylic acids is 1. The maximum Gasteiger partial charge on any atom is 0.319 e. The van der Waals surface area contributed by atoms with Gasteiger partial charge in [0.15, 0.2) is 0 Å². The summed E-state index contributed by atoms with van der Waals surface area (Å²) in [6.45, 7) is 0.972. The number of benzene rings is 1. The van der Waals surface area contributed by atoms with Gasteiger partial charge in [0, 0.05) is 30.1 Å². The number of carboxylic acid groups (broad SMARTS) is 1. The Bertz CT molecular complexity index is 645. The molecule has 2 aliphatic rings. The quantitative estimate of drug-likeness (QED) is 0.616. The zero-order chi connectivity index (χ0) is 18.5. The Hall–Kier alpha value is -1.73. The van der Waals surface area contributed by atoms with E-state index in [2.05, 4.69) is 15.5 Å². The molecule has 0 radical (unpaired) electrons. The van der Waals surface area contributed by atoms with Crippen molar-refractivity contribution in [3.63, 3.8) is 0 Å². The second kappa shape index (κ2) is 8.77. The lowest BCUT2D eigenvalue weighted by Gasteiger charge is -2.42. The number of hydrogen-bond acceptors (Lipinski definition) is 4. The van der Waals surface area contributed by atoms with Gasteiger partial charge in [-0.25, -0.2) is 4.79 Å². The molecule has 6 nitrogen and oxygen atoms in total. The minimum Gasteiger partial charge on any atom is -0.480 e. The van der Waals surface area contributed by atoms with E-state index in [-0.39, 0.29) is 24.7 Å². The van der Waals surface area contributed by atoms with Crippen LogP contribution in [0.3, 0.4) is 0 Å². The predicted octanol–water partition coefficient (Wildman–Crippen LogP) is 3.00. The number of hydrogen-bond donors (Lipinski definition) is 3. The molecule has 0 atom stereocenters. The fraction of sp³-hybridized carbons (Fsp3) is 0.579. The first-order valence-corrected chi connectivity index (χ1v) is 10.5.